The fourth-order valence-corrected chi connectivity index (χ4v) is 2.83. The lowest BCUT2D eigenvalue weighted by Crippen LogP contribution is -2.23. The molecule has 82 valence electrons. The predicted octanol–water partition coefficient (Wildman–Crippen LogP) is 4.16. The maximum absolute atomic E-state index is 3.64. The van der Waals surface area contributed by atoms with Crippen molar-refractivity contribution in [2.75, 3.05) is 5.32 Å². The molecule has 1 heterocycles. The van der Waals surface area contributed by atoms with Gasteiger partial charge in [0.1, 0.15) is 0 Å². The summed E-state index contributed by atoms with van der Waals surface area (Å²) in [5.41, 5.74) is 2.95. The van der Waals surface area contributed by atoms with Gasteiger partial charge in [0, 0.05) is 17.6 Å². The van der Waals surface area contributed by atoms with E-state index in [0.29, 0.717) is 0 Å². The molecule has 1 nitrogen and oxygen atoms in total. The maximum Gasteiger partial charge on any atom is 0.0378 e. The van der Waals surface area contributed by atoms with E-state index >= 15 is 0 Å². The van der Waals surface area contributed by atoms with Gasteiger partial charge < -0.3 is 5.32 Å². The van der Waals surface area contributed by atoms with Gasteiger partial charge in [-0.1, -0.05) is 44.9 Å². The van der Waals surface area contributed by atoms with Gasteiger partial charge in [-0.2, -0.15) is 0 Å². The summed E-state index contributed by atoms with van der Waals surface area (Å²) in [7, 11) is 0. The summed E-state index contributed by atoms with van der Waals surface area (Å²) in [6.45, 7) is 4.00. The number of rotatable bonds is 0. The molecule has 0 radical (unpaired) electrons. The first-order valence-corrected chi connectivity index (χ1v) is 6.30. The zero-order valence-electron chi connectivity index (χ0n) is 9.79. The first-order valence-electron chi connectivity index (χ1n) is 6.30. The van der Waals surface area contributed by atoms with Gasteiger partial charge in [0.25, 0.3) is 0 Å². The summed E-state index contributed by atoms with van der Waals surface area (Å²) in [6, 6.07) is 9.54. The maximum atomic E-state index is 3.64. The molecule has 1 aromatic carbocycles. The molecular weight excluding hydrogens is 182 g/mol. The van der Waals surface area contributed by atoms with E-state index in [1.807, 2.05) is 13.8 Å². The molecule has 0 aromatic heterocycles. The van der Waals surface area contributed by atoms with Crippen LogP contribution in [0.1, 0.15) is 51.0 Å². The molecule has 3 rings (SSSR count). The third kappa shape index (κ3) is 1.88. The molecule has 1 aliphatic heterocycles. The molecule has 1 aromatic rings. The van der Waals surface area contributed by atoms with Gasteiger partial charge in [-0.15, -0.1) is 0 Å². The smallest absolute Gasteiger partial charge is 0.0378 e. The van der Waals surface area contributed by atoms with Crippen molar-refractivity contribution in [2.24, 2.45) is 0 Å². The van der Waals surface area contributed by atoms with Crippen LogP contribution in [0.3, 0.4) is 0 Å². The van der Waals surface area contributed by atoms with Crippen LogP contribution >= 0.6 is 0 Å². The van der Waals surface area contributed by atoms with Crippen LogP contribution in [0.15, 0.2) is 24.3 Å². The molecule has 1 saturated carbocycles. The lowest BCUT2D eigenvalue weighted by Gasteiger charge is -2.25. The minimum atomic E-state index is 0.742. The molecule has 2 unspecified atom stereocenters. The van der Waals surface area contributed by atoms with Crippen LogP contribution in [-0.4, -0.2) is 6.04 Å². The topological polar surface area (TPSA) is 12.0 Å². The van der Waals surface area contributed by atoms with Gasteiger partial charge in [-0.25, -0.2) is 0 Å². The third-order valence-electron chi connectivity index (χ3n) is 3.47. The Morgan fingerprint density at radius 1 is 1.07 bits per heavy atom. The Hall–Kier alpha value is -0.980. The Morgan fingerprint density at radius 2 is 1.80 bits per heavy atom. The molecule has 2 atom stereocenters. The number of hydrogen-bond acceptors (Lipinski definition) is 1. The monoisotopic (exact) mass is 203 g/mol. The van der Waals surface area contributed by atoms with Crippen LogP contribution in [-0.2, 0) is 0 Å². The summed E-state index contributed by atoms with van der Waals surface area (Å²) in [5, 5.41) is 3.64. The second kappa shape index (κ2) is 4.69. The molecule has 1 fully saturated rings. The van der Waals surface area contributed by atoms with E-state index in [1.165, 1.54) is 31.4 Å². The first-order chi connectivity index (χ1) is 7.45. The average molecular weight is 203 g/mol. The zero-order valence-corrected chi connectivity index (χ0v) is 9.79. The van der Waals surface area contributed by atoms with E-state index in [-0.39, 0.29) is 0 Å². The van der Waals surface area contributed by atoms with Crippen LogP contribution < -0.4 is 5.32 Å². The van der Waals surface area contributed by atoms with E-state index in [1.54, 1.807) is 5.56 Å². The van der Waals surface area contributed by atoms with E-state index in [2.05, 4.69) is 29.6 Å². The quantitative estimate of drug-likeness (QED) is 0.667. The number of para-hydroxylation sites is 1. The zero-order chi connectivity index (χ0) is 10.7. The van der Waals surface area contributed by atoms with Gasteiger partial charge in [0.05, 0.1) is 0 Å². The molecule has 1 heteroatoms. The van der Waals surface area contributed by atoms with Crippen LogP contribution in [0.2, 0.25) is 0 Å². The van der Waals surface area contributed by atoms with Gasteiger partial charge in [0.2, 0.25) is 0 Å². The highest BCUT2D eigenvalue weighted by molar-refractivity contribution is 5.59. The van der Waals surface area contributed by atoms with Crippen molar-refractivity contribution in [1.82, 2.24) is 0 Å². The van der Waals surface area contributed by atoms with Crippen molar-refractivity contribution in [3.8, 4) is 0 Å². The number of fused-ring (bicyclic) bond motifs is 3. The number of hydrogen-bond donors (Lipinski definition) is 1. The fraction of sp³-hybridized carbons (Fsp3) is 0.571. The Balaban J connectivity index is 0.000000404. The van der Waals surface area contributed by atoms with Gasteiger partial charge >= 0.3 is 0 Å². The Kier molecular flexibility index (Phi) is 3.30. The van der Waals surface area contributed by atoms with Crippen molar-refractivity contribution in [3.63, 3.8) is 0 Å². The summed E-state index contributed by atoms with van der Waals surface area (Å²) in [6.07, 6.45) is 5.56. The lowest BCUT2D eigenvalue weighted by atomic mass is 9.83. The molecule has 0 amide bonds. The lowest BCUT2D eigenvalue weighted by molar-refractivity contribution is 0.422. The minimum absolute atomic E-state index is 0.742. The van der Waals surface area contributed by atoms with Crippen molar-refractivity contribution >= 4 is 5.69 Å². The van der Waals surface area contributed by atoms with Crippen LogP contribution in [0.4, 0.5) is 5.69 Å². The molecule has 2 aliphatic rings. The Labute approximate surface area is 92.9 Å². The molecule has 1 aliphatic carbocycles. The predicted molar refractivity (Wildman–Crippen MR) is 66.4 cm³/mol. The van der Waals surface area contributed by atoms with Crippen molar-refractivity contribution in [1.29, 1.82) is 0 Å². The largest absolute Gasteiger partial charge is 0.381 e. The van der Waals surface area contributed by atoms with Crippen LogP contribution in [0.5, 0.6) is 0 Å². The Bertz CT molecular complexity index is 319. The summed E-state index contributed by atoms with van der Waals surface area (Å²) in [4.78, 5) is 0. The standard InChI is InChI=1S/C12H15N.C2H6/c1-3-7-11-9(5-1)10-6-2-4-8-12(10)13-11;1-2/h1,3,5,7,10,12-13H,2,4,6,8H2;1-2H3. The summed E-state index contributed by atoms with van der Waals surface area (Å²) < 4.78 is 0. The normalized spacial score (nSPS) is 26.8. The summed E-state index contributed by atoms with van der Waals surface area (Å²) in [5.74, 6) is 0.810. The summed E-state index contributed by atoms with van der Waals surface area (Å²) >= 11 is 0. The highest BCUT2D eigenvalue weighted by Crippen LogP contribution is 2.43. The van der Waals surface area contributed by atoms with Crippen LogP contribution in [0.25, 0.3) is 0 Å². The molecule has 0 saturated heterocycles. The van der Waals surface area contributed by atoms with E-state index in [0.717, 1.165) is 12.0 Å². The highest BCUT2D eigenvalue weighted by atomic mass is 15.0. The Morgan fingerprint density at radius 3 is 2.67 bits per heavy atom. The van der Waals surface area contributed by atoms with Gasteiger partial charge in [-0.3, -0.25) is 0 Å². The number of nitrogens with one attached hydrogen (secondary N) is 1. The highest BCUT2D eigenvalue weighted by Gasteiger charge is 2.33. The van der Waals surface area contributed by atoms with E-state index < -0.39 is 0 Å². The van der Waals surface area contributed by atoms with E-state index in [9.17, 15) is 0 Å². The van der Waals surface area contributed by atoms with Gasteiger partial charge in [0.15, 0.2) is 0 Å². The first kappa shape index (κ1) is 10.5. The molecule has 0 spiro atoms. The molecule has 15 heavy (non-hydrogen) atoms. The molecule has 1 N–H and O–H groups in total. The minimum Gasteiger partial charge on any atom is -0.381 e. The SMILES string of the molecule is CC.c1ccc2c(c1)NC1CCCCC21. The fourth-order valence-electron chi connectivity index (χ4n) is 2.83. The average Bonchev–Trinajstić information content (AvgIpc) is 2.70. The van der Waals surface area contributed by atoms with E-state index in [4.69, 9.17) is 0 Å². The second-order valence-electron chi connectivity index (χ2n) is 4.23. The second-order valence-corrected chi connectivity index (χ2v) is 4.23. The molecule has 0 bridgehead atoms. The van der Waals surface area contributed by atoms with Crippen molar-refractivity contribution < 1.29 is 0 Å². The number of anilines is 1. The van der Waals surface area contributed by atoms with Crippen molar-refractivity contribution in [3.05, 3.63) is 29.8 Å². The third-order valence-corrected chi connectivity index (χ3v) is 3.47. The van der Waals surface area contributed by atoms with Crippen LogP contribution in [0, 0.1) is 0 Å². The van der Waals surface area contributed by atoms with Crippen molar-refractivity contribution in [2.45, 2.75) is 51.5 Å². The van der Waals surface area contributed by atoms with Gasteiger partial charge in [-0.05, 0) is 24.5 Å². The molecular formula is C14H21N. The number of benzene rings is 1.